The van der Waals surface area contributed by atoms with Crippen molar-refractivity contribution < 1.29 is 18.3 Å². The molecule has 1 fully saturated rings. The average molecular weight is 323 g/mol. The van der Waals surface area contributed by atoms with Crippen molar-refractivity contribution in [1.29, 1.82) is 0 Å². The van der Waals surface area contributed by atoms with Crippen molar-refractivity contribution in [3.8, 4) is 5.88 Å². The van der Waals surface area contributed by atoms with Crippen LogP contribution in [0.2, 0.25) is 0 Å². The van der Waals surface area contributed by atoms with Crippen LogP contribution in [0.4, 0.5) is 14.5 Å². The van der Waals surface area contributed by atoms with E-state index in [0.29, 0.717) is 32.0 Å². The lowest BCUT2D eigenvalue weighted by Gasteiger charge is -2.29. The first-order chi connectivity index (χ1) is 8.66. The van der Waals surface area contributed by atoms with E-state index in [0.717, 1.165) is 4.47 Å². The van der Waals surface area contributed by atoms with Crippen LogP contribution >= 0.6 is 15.9 Å². The number of ether oxygens (including phenoxy) is 2. The number of nitrogens with zero attached hydrogens (tertiary/aromatic N) is 2. The molecular weight excluding hydrogens is 310 g/mol. The molecule has 0 unspecified atom stereocenters. The second-order valence-electron chi connectivity index (χ2n) is 3.78. The van der Waals surface area contributed by atoms with E-state index >= 15 is 0 Å². The maximum Gasteiger partial charge on any atom is 0.272 e. The lowest BCUT2D eigenvalue weighted by atomic mass is 10.3. The van der Waals surface area contributed by atoms with Gasteiger partial charge in [0.1, 0.15) is 5.69 Å². The minimum absolute atomic E-state index is 0.236. The molecule has 1 saturated heterocycles. The molecular formula is C11H13BrF2N2O2. The van der Waals surface area contributed by atoms with Crippen molar-refractivity contribution in [3.63, 3.8) is 0 Å². The van der Waals surface area contributed by atoms with Crippen LogP contribution in [0.15, 0.2) is 16.7 Å². The molecule has 1 aliphatic rings. The number of aromatic nitrogens is 1. The Hall–Kier alpha value is -0.950. The molecule has 0 aliphatic carbocycles. The normalized spacial score (nSPS) is 16.1. The number of hydrogen-bond acceptors (Lipinski definition) is 4. The van der Waals surface area contributed by atoms with Gasteiger partial charge in [0.25, 0.3) is 6.43 Å². The zero-order valence-electron chi connectivity index (χ0n) is 9.61. The Labute approximate surface area is 112 Å². The summed E-state index contributed by atoms with van der Waals surface area (Å²) in [7, 11) is 0. The van der Waals surface area contributed by atoms with Gasteiger partial charge in [-0.1, -0.05) is 0 Å². The molecule has 1 aromatic rings. The average Bonchev–Trinajstić information content (AvgIpc) is 2.38. The van der Waals surface area contributed by atoms with Gasteiger partial charge in [-0.3, -0.25) is 0 Å². The van der Waals surface area contributed by atoms with Crippen molar-refractivity contribution in [2.75, 3.05) is 37.8 Å². The van der Waals surface area contributed by atoms with E-state index in [1.54, 1.807) is 0 Å². The topological polar surface area (TPSA) is 34.6 Å². The van der Waals surface area contributed by atoms with Crippen LogP contribution in [0.25, 0.3) is 0 Å². The Bertz CT molecular complexity index is 401. The smallest absolute Gasteiger partial charge is 0.272 e. The largest absolute Gasteiger partial charge is 0.470 e. The summed E-state index contributed by atoms with van der Waals surface area (Å²) in [6, 6.07) is 1.82. The first-order valence-corrected chi connectivity index (χ1v) is 6.35. The minimum Gasteiger partial charge on any atom is -0.470 e. The van der Waals surface area contributed by atoms with Gasteiger partial charge in [0, 0.05) is 23.8 Å². The highest BCUT2D eigenvalue weighted by Crippen LogP contribution is 2.29. The van der Waals surface area contributed by atoms with Gasteiger partial charge in [0.05, 0.1) is 13.2 Å². The second kappa shape index (κ2) is 6.29. The SMILES string of the molecule is FC(F)COc1ncc(Br)cc1N1CCOCC1. The molecule has 0 aromatic carbocycles. The van der Waals surface area contributed by atoms with E-state index in [1.807, 2.05) is 11.0 Å². The third-order valence-corrected chi connectivity index (χ3v) is 2.93. The standard InChI is InChI=1S/C11H13BrF2N2O2/c12-8-5-9(16-1-3-17-4-2-16)11(15-6-8)18-7-10(13)14/h5-6,10H,1-4,7H2. The Morgan fingerprint density at radius 3 is 2.83 bits per heavy atom. The van der Waals surface area contributed by atoms with Crippen LogP contribution in [-0.4, -0.2) is 44.3 Å². The lowest BCUT2D eigenvalue weighted by molar-refractivity contribution is 0.0793. The third kappa shape index (κ3) is 3.52. The summed E-state index contributed by atoms with van der Waals surface area (Å²) >= 11 is 3.32. The predicted molar refractivity (Wildman–Crippen MR) is 66.5 cm³/mol. The van der Waals surface area contributed by atoms with Gasteiger partial charge in [0.2, 0.25) is 5.88 Å². The predicted octanol–water partition coefficient (Wildman–Crippen LogP) is 2.32. The van der Waals surface area contributed by atoms with Crippen molar-refractivity contribution in [2.24, 2.45) is 0 Å². The lowest BCUT2D eigenvalue weighted by Crippen LogP contribution is -2.36. The maximum absolute atomic E-state index is 12.2. The summed E-state index contributed by atoms with van der Waals surface area (Å²) in [6.07, 6.45) is -0.974. The fraction of sp³-hybridized carbons (Fsp3) is 0.545. The molecule has 0 spiro atoms. The van der Waals surface area contributed by atoms with Crippen LogP contribution in [-0.2, 0) is 4.74 Å². The molecule has 1 aromatic heterocycles. The quantitative estimate of drug-likeness (QED) is 0.852. The molecule has 4 nitrogen and oxygen atoms in total. The number of halogens is 3. The van der Waals surface area contributed by atoms with Gasteiger partial charge in [-0.15, -0.1) is 0 Å². The van der Waals surface area contributed by atoms with Crippen molar-refractivity contribution in [1.82, 2.24) is 4.98 Å². The summed E-state index contributed by atoms with van der Waals surface area (Å²) in [6.45, 7) is 1.97. The summed E-state index contributed by atoms with van der Waals surface area (Å²) in [5.41, 5.74) is 0.716. The van der Waals surface area contributed by atoms with E-state index in [-0.39, 0.29) is 5.88 Å². The molecule has 0 atom stereocenters. The van der Waals surface area contributed by atoms with Crippen LogP contribution in [0.5, 0.6) is 5.88 Å². The second-order valence-corrected chi connectivity index (χ2v) is 4.69. The summed E-state index contributed by atoms with van der Waals surface area (Å²) in [5, 5.41) is 0. The summed E-state index contributed by atoms with van der Waals surface area (Å²) in [5.74, 6) is 0.236. The number of anilines is 1. The van der Waals surface area contributed by atoms with Gasteiger partial charge in [-0.25, -0.2) is 13.8 Å². The number of alkyl halides is 2. The minimum atomic E-state index is -2.51. The van der Waals surface area contributed by atoms with Crippen LogP contribution in [0.3, 0.4) is 0 Å². The van der Waals surface area contributed by atoms with E-state index < -0.39 is 13.0 Å². The highest BCUT2D eigenvalue weighted by Gasteiger charge is 2.18. The van der Waals surface area contributed by atoms with Gasteiger partial charge in [0.15, 0.2) is 6.61 Å². The van der Waals surface area contributed by atoms with Gasteiger partial charge >= 0.3 is 0 Å². The molecule has 0 bridgehead atoms. The van der Waals surface area contributed by atoms with E-state index in [1.165, 1.54) is 6.20 Å². The molecule has 2 heterocycles. The molecule has 100 valence electrons. The zero-order chi connectivity index (χ0) is 13.0. The highest BCUT2D eigenvalue weighted by molar-refractivity contribution is 9.10. The molecule has 18 heavy (non-hydrogen) atoms. The number of morpholine rings is 1. The maximum atomic E-state index is 12.2. The molecule has 1 aliphatic heterocycles. The molecule has 0 saturated carbocycles. The fourth-order valence-electron chi connectivity index (χ4n) is 1.70. The van der Waals surface area contributed by atoms with Crippen LogP contribution < -0.4 is 9.64 Å². The third-order valence-electron chi connectivity index (χ3n) is 2.50. The summed E-state index contributed by atoms with van der Waals surface area (Å²) < 4.78 is 35.4. The van der Waals surface area contributed by atoms with Crippen LogP contribution in [0, 0.1) is 0 Å². The first kappa shape index (κ1) is 13.5. The Morgan fingerprint density at radius 2 is 2.17 bits per heavy atom. The highest BCUT2D eigenvalue weighted by atomic mass is 79.9. The number of pyridine rings is 1. The Morgan fingerprint density at radius 1 is 1.44 bits per heavy atom. The zero-order valence-corrected chi connectivity index (χ0v) is 11.2. The van der Waals surface area contributed by atoms with Gasteiger partial charge < -0.3 is 14.4 Å². The molecule has 0 N–H and O–H groups in total. The van der Waals surface area contributed by atoms with Crippen molar-refractivity contribution in [3.05, 3.63) is 16.7 Å². The first-order valence-electron chi connectivity index (χ1n) is 5.56. The number of rotatable bonds is 4. The van der Waals surface area contributed by atoms with Gasteiger partial charge in [-0.2, -0.15) is 0 Å². The molecule has 2 rings (SSSR count). The monoisotopic (exact) mass is 322 g/mol. The van der Waals surface area contributed by atoms with Crippen molar-refractivity contribution in [2.45, 2.75) is 6.43 Å². The summed E-state index contributed by atoms with van der Waals surface area (Å²) in [4.78, 5) is 6.06. The molecule has 7 heteroatoms. The van der Waals surface area contributed by atoms with E-state index in [9.17, 15) is 8.78 Å². The van der Waals surface area contributed by atoms with Gasteiger partial charge in [-0.05, 0) is 22.0 Å². The molecule has 0 radical (unpaired) electrons. The Kier molecular flexibility index (Phi) is 4.71. The van der Waals surface area contributed by atoms with E-state index in [2.05, 4.69) is 20.9 Å². The number of hydrogen-bond donors (Lipinski definition) is 0. The van der Waals surface area contributed by atoms with Crippen molar-refractivity contribution >= 4 is 21.6 Å². The molecule has 0 amide bonds. The van der Waals surface area contributed by atoms with Crippen LogP contribution in [0.1, 0.15) is 0 Å². The van der Waals surface area contributed by atoms with E-state index in [4.69, 9.17) is 9.47 Å². The Balaban J connectivity index is 2.16. The fourth-order valence-corrected chi connectivity index (χ4v) is 2.02.